The summed E-state index contributed by atoms with van der Waals surface area (Å²) < 4.78 is 0. The average Bonchev–Trinajstić information content (AvgIpc) is 2.42. The lowest BCUT2D eigenvalue weighted by Crippen LogP contribution is -2.24. The molecule has 0 radical (unpaired) electrons. The van der Waals surface area contributed by atoms with E-state index in [2.05, 4.69) is 36.1 Å². The summed E-state index contributed by atoms with van der Waals surface area (Å²) >= 11 is 0. The van der Waals surface area contributed by atoms with E-state index in [9.17, 15) is 0 Å². The molecule has 2 heteroatoms. The third kappa shape index (κ3) is 4.50. The van der Waals surface area contributed by atoms with Crippen LogP contribution in [0.2, 0.25) is 0 Å². The van der Waals surface area contributed by atoms with Crippen molar-refractivity contribution in [1.82, 2.24) is 10.3 Å². The molecule has 0 aliphatic carbocycles. The first-order valence-corrected chi connectivity index (χ1v) is 6.94. The molecule has 0 aromatic carbocycles. The second-order valence-corrected chi connectivity index (χ2v) is 4.50. The second kappa shape index (κ2) is 8.72. The fourth-order valence-electron chi connectivity index (χ4n) is 2.13. The van der Waals surface area contributed by atoms with E-state index in [1.165, 1.54) is 11.3 Å². The summed E-state index contributed by atoms with van der Waals surface area (Å²) in [7, 11) is 0. The van der Waals surface area contributed by atoms with Crippen LogP contribution in [-0.4, -0.2) is 11.5 Å². The van der Waals surface area contributed by atoms with E-state index in [1.54, 1.807) is 0 Å². The first kappa shape index (κ1) is 14.7. The predicted molar refractivity (Wildman–Crippen MR) is 77.3 cm³/mol. The number of aromatic nitrogens is 1. The summed E-state index contributed by atoms with van der Waals surface area (Å²) in [5, 5.41) is 3.59. The molecule has 0 amide bonds. The molecule has 0 spiro atoms. The lowest BCUT2D eigenvalue weighted by atomic mass is 10.00. The third-order valence-electron chi connectivity index (χ3n) is 3.09. The Morgan fingerprint density at radius 2 is 2.28 bits per heavy atom. The number of hydrogen-bond acceptors (Lipinski definition) is 2. The number of nitrogens with zero attached hydrogens (tertiary/aromatic N) is 1. The molecule has 1 N–H and O–H groups in total. The van der Waals surface area contributed by atoms with Gasteiger partial charge in [-0.1, -0.05) is 19.9 Å². The number of terminal acetylenes is 1. The van der Waals surface area contributed by atoms with E-state index in [1.807, 2.05) is 12.3 Å². The second-order valence-electron chi connectivity index (χ2n) is 4.50. The molecule has 1 rings (SSSR count). The minimum atomic E-state index is 0.342. The molecule has 18 heavy (non-hydrogen) atoms. The van der Waals surface area contributed by atoms with E-state index < -0.39 is 0 Å². The van der Waals surface area contributed by atoms with Crippen molar-refractivity contribution in [2.75, 3.05) is 6.54 Å². The topological polar surface area (TPSA) is 24.9 Å². The van der Waals surface area contributed by atoms with Crippen LogP contribution in [0.3, 0.4) is 0 Å². The summed E-state index contributed by atoms with van der Waals surface area (Å²) in [5.74, 6) is 2.71. The van der Waals surface area contributed by atoms with Crippen molar-refractivity contribution < 1.29 is 0 Å². The van der Waals surface area contributed by atoms with Gasteiger partial charge in [-0.05, 0) is 43.9 Å². The van der Waals surface area contributed by atoms with Crippen LogP contribution < -0.4 is 5.32 Å². The van der Waals surface area contributed by atoms with Gasteiger partial charge in [-0.3, -0.25) is 4.98 Å². The summed E-state index contributed by atoms with van der Waals surface area (Å²) in [5.41, 5.74) is 2.54. The maximum Gasteiger partial charge on any atom is 0.0604 e. The lowest BCUT2D eigenvalue weighted by molar-refractivity contribution is 0.474. The molecule has 2 nitrogen and oxygen atoms in total. The Labute approximate surface area is 111 Å². The number of pyridine rings is 1. The van der Waals surface area contributed by atoms with Gasteiger partial charge < -0.3 is 5.32 Å². The van der Waals surface area contributed by atoms with E-state index in [0.29, 0.717) is 6.04 Å². The van der Waals surface area contributed by atoms with Crippen LogP contribution in [0.5, 0.6) is 0 Å². The Morgan fingerprint density at radius 3 is 2.94 bits per heavy atom. The zero-order valence-electron chi connectivity index (χ0n) is 11.6. The highest BCUT2D eigenvalue weighted by molar-refractivity contribution is 5.22. The number of rotatable bonds is 8. The van der Waals surface area contributed by atoms with Gasteiger partial charge in [0.15, 0.2) is 0 Å². The van der Waals surface area contributed by atoms with Crippen LogP contribution in [0.15, 0.2) is 18.3 Å². The maximum absolute atomic E-state index is 5.32. The van der Waals surface area contributed by atoms with Crippen LogP contribution in [0.25, 0.3) is 0 Å². The first-order valence-electron chi connectivity index (χ1n) is 6.94. The van der Waals surface area contributed by atoms with Crippen molar-refractivity contribution in [2.45, 2.75) is 52.0 Å². The van der Waals surface area contributed by atoms with Crippen LogP contribution in [0.1, 0.15) is 56.8 Å². The molecule has 1 aromatic heterocycles. The molecule has 98 valence electrons. The Balaban J connectivity index is 2.76. The molecule has 0 bridgehead atoms. The van der Waals surface area contributed by atoms with Gasteiger partial charge in [0.05, 0.1) is 5.69 Å². The van der Waals surface area contributed by atoms with Crippen molar-refractivity contribution in [3.63, 3.8) is 0 Å². The highest BCUT2D eigenvalue weighted by atomic mass is 14.9. The zero-order valence-corrected chi connectivity index (χ0v) is 11.6. The number of nitrogens with one attached hydrogen (secondary N) is 1. The molecule has 1 heterocycles. The SMILES string of the molecule is C#CCCCC(NCCC)c1ncccc1CC. The Morgan fingerprint density at radius 1 is 1.44 bits per heavy atom. The van der Waals surface area contributed by atoms with Gasteiger partial charge in [-0.15, -0.1) is 12.3 Å². The first-order chi connectivity index (χ1) is 8.83. The van der Waals surface area contributed by atoms with Gasteiger partial charge >= 0.3 is 0 Å². The summed E-state index contributed by atoms with van der Waals surface area (Å²) in [6, 6.07) is 4.53. The van der Waals surface area contributed by atoms with E-state index >= 15 is 0 Å². The Hall–Kier alpha value is -1.33. The van der Waals surface area contributed by atoms with Crippen LogP contribution in [-0.2, 0) is 6.42 Å². The largest absolute Gasteiger partial charge is 0.309 e. The Kier molecular flexibility index (Phi) is 7.13. The number of aryl methyl sites for hydroxylation is 1. The van der Waals surface area contributed by atoms with Gasteiger partial charge in [0.2, 0.25) is 0 Å². The molecular weight excluding hydrogens is 220 g/mol. The van der Waals surface area contributed by atoms with Crippen molar-refractivity contribution in [1.29, 1.82) is 0 Å². The predicted octanol–water partition coefficient (Wildman–Crippen LogP) is 3.49. The van der Waals surface area contributed by atoms with Crippen LogP contribution in [0.4, 0.5) is 0 Å². The fraction of sp³-hybridized carbons (Fsp3) is 0.562. The molecule has 0 fully saturated rings. The highest BCUT2D eigenvalue weighted by Crippen LogP contribution is 2.21. The van der Waals surface area contributed by atoms with Gasteiger partial charge in [-0.2, -0.15) is 0 Å². The minimum Gasteiger partial charge on any atom is -0.309 e. The number of unbranched alkanes of at least 4 members (excludes halogenated alkanes) is 1. The monoisotopic (exact) mass is 244 g/mol. The van der Waals surface area contributed by atoms with Gasteiger partial charge in [0, 0.05) is 18.7 Å². The average molecular weight is 244 g/mol. The molecule has 0 saturated heterocycles. The third-order valence-corrected chi connectivity index (χ3v) is 3.09. The van der Waals surface area contributed by atoms with Gasteiger partial charge in [-0.25, -0.2) is 0 Å². The van der Waals surface area contributed by atoms with E-state index in [-0.39, 0.29) is 0 Å². The van der Waals surface area contributed by atoms with E-state index in [4.69, 9.17) is 6.42 Å². The molecule has 0 saturated carbocycles. The molecule has 0 aliphatic heterocycles. The Bertz CT molecular complexity index is 379. The van der Waals surface area contributed by atoms with Crippen LogP contribution in [0, 0.1) is 12.3 Å². The molecule has 1 unspecified atom stereocenters. The molecular formula is C16H24N2. The summed E-state index contributed by atoms with van der Waals surface area (Å²) in [6.07, 6.45) is 12.3. The number of hydrogen-bond donors (Lipinski definition) is 1. The summed E-state index contributed by atoms with van der Waals surface area (Å²) in [6.45, 7) is 5.39. The molecule has 1 atom stereocenters. The quantitative estimate of drug-likeness (QED) is 0.559. The van der Waals surface area contributed by atoms with Gasteiger partial charge in [0.1, 0.15) is 0 Å². The van der Waals surface area contributed by atoms with Crippen molar-refractivity contribution in [3.8, 4) is 12.3 Å². The van der Waals surface area contributed by atoms with Crippen molar-refractivity contribution in [2.24, 2.45) is 0 Å². The van der Waals surface area contributed by atoms with Crippen molar-refractivity contribution in [3.05, 3.63) is 29.6 Å². The smallest absolute Gasteiger partial charge is 0.0604 e. The molecule has 1 aromatic rings. The fourth-order valence-corrected chi connectivity index (χ4v) is 2.13. The van der Waals surface area contributed by atoms with E-state index in [0.717, 1.165) is 38.6 Å². The zero-order chi connectivity index (χ0) is 13.2. The molecule has 0 aliphatic rings. The maximum atomic E-state index is 5.32. The standard InChI is InChI=1S/C16H24N2/c1-4-7-8-11-15(17-12-5-2)16-14(6-3)10-9-13-18-16/h1,9-10,13,15,17H,5-8,11-12H2,2-3H3. The minimum absolute atomic E-state index is 0.342. The van der Waals surface area contributed by atoms with Gasteiger partial charge in [0.25, 0.3) is 0 Å². The van der Waals surface area contributed by atoms with Crippen LogP contribution >= 0.6 is 0 Å². The normalized spacial score (nSPS) is 12.1. The van der Waals surface area contributed by atoms with Crippen molar-refractivity contribution >= 4 is 0 Å². The highest BCUT2D eigenvalue weighted by Gasteiger charge is 2.14. The lowest BCUT2D eigenvalue weighted by Gasteiger charge is -2.20. The summed E-state index contributed by atoms with van der Waals surface area (Å²) in [4.78, 5) is 4.57.